The van der Waals surface area contributed by atoms with Crippen molar-refractivity contribution in [1.29, 1.82) is 0 Å². The minimum atomic E-state index is -1.94. The highest BCUT2D eigenvalue weighted by molar-refractivity contribution is 6.67. The van der Waals surface area contributed by atoms with E-state index in [1.165, 1.54) is 22.3 Å². The normalized spacial score (nSPS) is 24.1. The molecule has 0 saturated heterocycles. The Morgan fingerprint density at radius 1 is 0.650 bits per heavy atom. The van der Waals surface area contributed by atoms with Crippen molar-refractivity contribution in [3.05, 3.63) is 125 Å². The number of benzene rings is 3. The lowest BCUT2D eigenvalue weighted by Gasteiger charge is -2.40. The molecule has 0 saturated carbocycles. The fourth-order valence-corrected chi connectivity index (χ4v) is 7.39. The third-order valence-electron chi connectivity index (χ3n) is 8.39. The maximum atomic E-state index is 6.18. The summed E-state index contributed by atoms with van der Waals surface area (Å²) in [4.78, 5) is 13.1. The van der Waals surface area contributed by atoms with Gasteiger partial charge in [-0.2, -0.15) is 0 Å². The molecule has 1 heterocycles. The molecular weight excluding hydrogens is 627 g/mol. The van der Waals surface area contributed by atoms with Crippen molar-refractivity contribution >= 4 is 69.6 Å². The fraction of sp³-hybridized carbons (Fsp3) is 0.194. The first-order chi connectivity index (χ1) is 19.0. The number of aromatic nitrogens is 3. The first-order valence-electron chi connectivity index (χ1n) is 12.6. The summed E-state index contributed by atoms with van der Waals surface area (Å²) in [6.45, 7) is 2.32. The molecule has 40 heavy (non-hydrogen) atoms. The molecule has 0 N–H and O–H groups in total. The van der Waals surface area contributed by atoms with Crippen LogP contribution in [0.25, 0.3) is 22.5 Å². The highest BCUT2D eigenvalue weighted by Gasteiger charge is 2.61. The van der Waals surface area contributed by atoms with Gasteiger partial charge in [0.15, 0.2) is 17.5 Å². The van der Waals surface area contributed by atoms with Crippen LogP contribution in [0.15, 0.2) is 91.0 Å². The summed E-state index contributed by atoms with van der Waals surface area (Å²) in [7, 11) is 0. The number of halogens is 6. The zero-order valence-corrected chi connectivity index (χ0v) is 25.4. The first kappa shape index (κ1) is 26.8. The van der Waals surface area contributed by atoms with Crippen LogP contribution >= 0.6 is 69.6 Å². The second kappa shape index (κ2) is 8.94. The molecule has 3 aromatic carbocycles. The topological polar surface area (TPSA) is 38.7 Å². The lowest BCUT2D eigenvalue weighted by Crippen LogP contribution is -2.38. The molecule has 0 bridgehead atoms. The molecule has 1 spiro atoms. The molecule has 3 aliphatic carbocycles. The maximum Gasteiger partial charge on any atom is 0.250 e. The molecule has 3 atom stereocenters. The summed E-state index contributed by atoms with van der Waals surface area (Å²) in [6.07, 6.45) is 8.95. The third kappa shape index (κ3) is 3.68. The van der Waals surface area contributed by atoms with Gasteiger partial charge in [0.05, 0.1) is 5.41 Å². The Morgan fingerprint density at radius 3 is 1.93 bits per heavy atom. The van der Waals surface area contributed by atoms with Crippen molar-refractivity contribution in [2.75, 3.05) is 0 Å². The number of alkyl halides is 6. The van der Waals surface area contributed by atoms with E-state index in [0.717, 1.165) is 11.1 Å². The standard InChI is InChI=1S/C31H19Cl6N3/c1-28-15-7-6-12-24(28)29(22-11-5-4-10-21(22)28)20-9-3-2-8-18(20)19-14-13-17(16-23(19)29)25-38-26(30(32,33)34)40-27(39-25)31(35,36)37/h2-16,24H,1H3. The van der Waals surface area contributed by atoms with Crippen molar-refractivity contribution in [2.45, 2.75) is 25.3 Å². The fourth-order valence-electron chi connectivity index (χ4n) is 6.89. The van der Waals surface area contributed by atoms with Crippen molar-refractivity contribution in [3.63, 3.8) is 0 Å². The summed E-state index contributed by atoms with van der Waals surface area (Å²) in [5, 5.41) is 0. The van der Waals surface area contributed by atoms with Gasteiger partial charge < -0.3 is 0 Å². The van der Waals surface area contributed by atoms with Gasteiger partial charge in [-0.1, -0.05) is 161 Å². The quantitative estimate of drug-likeness (QED) is 0.194. The van der Waals surface area contributed by atoms with Gasteiger partial charge >= 0.3 is 0 Å². The Kier molecular flexibility index (Phi) is 5.99. The average Bonchev–Trinajstić information content (AvgIpc) is 3.35. The molecule has 3 nitrogen and oxygen atoms in total. The van der Waals surface area contributed by atoms with Gasteiger partial charge in [-0.15, -0.1) is 0 Å². The van der Waals surface area contributed by atoms with Gasteiger partial charge in [0.2, 0.25) is 7.59 Å². The van der Waals surface area contributed by atoms with Crippen LogP contribution in [0.4, 0.5) is 0 Å². The van der Waals surface area contributed by atoms with E-state index in [4.69, 9.17) is 69.6 Å². The minimum Gasteiger partial charge on any atom is -0.209 e. The van der Waals surface area contributed by atoms with Crippen LogP contribution in [0.2, 0.25) is 0 Å². The van der Waals surface area contributed by atoms with Gasteiger partial charge in [0, 0.05) is 16.9 Å². The average molecular weight is 646 g/mol. The van der Waals surface area contributed by atoms with E-state index in [-0.39, 0.29) is 28.8 Å². The van der Waals surface area contributed by atoms with Crippen LogP contribution in [-0.4, -0.2) is 15.0 Å². The van der Waals surface area contributed by atoms with Crippen molar-refractivity contribution in [1.82, 2.24) is 15.0 Å². The van der Waals surface area contributed by atoms with Crippen LogP contribution in [0, 0.1) is 5.92 Å². The first-order valence-corrected chi connectivity index (χ1v) is 14.8. The summed E-state index contributed by atoms with van der Waals surface area (Å²) in [5.41, 5.74) is 7.41. The van der Waals surface area contributed by atoms with E-state index in [0.29, 0.717) is 5.56 Å². The maximum absolute atomic E-state index is 6.18. The molecule has 9 heteroatoms. The summed E-state index contributed by atoms with van der Waals surface area (Å²) in [6, 6.07) is 23.5. The molecule has 200 valence electrons. The molecule has 0 fully saturated rings. The molecule has 0 radical (unpaired) electrons. The zero-order chi connectivity index (χ0) is 28.1. The largest absolute Gasteiger partial charge is 0.250 e. The SMILES string of the molecule is CC12C=CC=CC1C1(c3ccccc3-c3ccc(-c4nc(C(Cl)(Cl)Cl)nc(C(Cl)(Cl)Cl)n4)cc31)c1ccccc12. The predicted molar refractivity (Wildman–Crippen MR) is 165 cm³/mol. The van der Waals surface area contributed by atoms with Gasteiger partial charge in [-0.05, 0) is 39.4 Å². The van der Waals surface area contributed by atoms with Gasteiger partial charge in [-0.25, -0.2) is 15.0 Å². The summed E-state index contributed by atoms with van der Waals surface area (Å²) in [5.74, 6) is 0.134. The number of rotatable bonds is 1. The number of fused-ring (bicyclic) bond motifs is 10. The Balaban J connectivity index is 1.54. The Hall–Kier alpha value is -2.11. The van der Waals surface area contributed by atoms with E-state index in [1.54, 1.807) is 0 Å². The molecule has 4 aromatic rings. The smallest absolute Gasteiger partial charge is 0.209 e. The predicted octanol–water partition coefficient (Wildman–Crippen LogP) is 9.52. The van der Waals surface area contributed by atoms with Crippen molar-refractivity contribution < 1.29 is 0 Å². The Morgan fingerprint density at radius 2 is 1.25 bits per heavy atom. The summed E-state index contributed by atoms with van der Waals surface area (Å²) >= 11 is 37.1. The number of nitrogens with zero attached hydrogens (tertiary/aromatic N) is 3. The number of hydrogen-bond acceptors (Lipinski definition) is 3. The van der Waals surface area contributed by atoms with Crippen LogP contribution in [0.1, 0.15) is 40.8 Å². The van der Waals surface area contributed by atoms with Crippen molar-refractivity contribution in [2.24, 2.45) is 5.92 Å². The van der Waals surface area contributed by atoms with Crippen LogP contribution in [0.3, 0.4) is 0 Å². The number of hydrogen-bond donors (Lipinski definition) is 0. The Labute approximate surface area is 261 Å². The molecular formula is C31H19Cl6N3. The monoisotopic (exact) mass is 643 g/mol. The zero-order valence-electron chi connectivity index (χ0n) is 20.8. The molecule has 7 rings (SSSR count). The highest BCUT2D eigenvalue weighted by Crippen LogP contribution is 2.67. The Bertz CT molecular complexity index is 1740. The van der Waals surface area contributed by atoms with Crippen molar-refractivity contribution in [3.8, 4) is 22.5 Å². The second-order valence-corrected chi connectivity index (χ2v) is 15.0. The van der Waals surface area contributed by atoms with E-state index in [9.17, 15) is 0 Å². The van der Waals surface area contributed by atoms with E-state index < -0.39 is 13.0 Å². The lowest BCUT2D eigenvalue weighted by atomic mass is 9.61. The van der Waals surface area contributed by atoms with Gasteiger partial charge in [-0.3, -0.25) is 0 Å². The van der Waals surface area contributed by atoms with E-state index in [1.807, 2.05) is 6.07 Å². The van der Waals surface area contributed by atoms with Crippen LogP contribution in [0.5, 0.6) is 0 Å². The molecule has 3 unspecified atom stereocenters. The minimum absolute atomic E-state index is 0.124. The third-order valence-corrected chi connectivity index (χ3v) is 9.40. The second-order valence-electron chi connectivity index (χ2n) is 10.5. The number of allylic oxidation sites excluding steroid dienone is 4. The summed E-state index contributed by atoms with van der Waals surface area (Å²) < 4.78 is -3.88. The van der Waals surface area contributed by atoms with Crippen LogP contribution in [-0.2, 0) is 18.4 Å². The van der Waals surface area contributed by atoms with E-state index in [2.05, 4.69) is 107 Å². The van der Waals surface area contributed by atoms with Gasteiger partial charge in [0.1, 0.15) is 0 Å². The molecule has 0 amide bonds. The molecule has 1 aromatic heterocycles. The lowest BCUT2D eigenvalue weighted by molar-refractivity contribution is 0.372. The van der Waals surface area contributed by atoms with Crippen LogP contribution < -0.4 is 0 Å². The molecule has 3 aliphatic rings. The van der Waals surface area contributed by atoms with Gasteiger partial charge in [0.25, 0.3) is 0 Å². The highest BCUT2D eigenvalue weighted by atomic mass is 35.6. The molecule has 0 aliphatic heterocycles. The van der Waals surface area contributed by atoms with E-state index >= 15 is 0 Å².